The molecule has 1 rings (SSSR count). The van der Waals surface area contributed by atoms with E-state index in [9.17, 15) is 0 Å². The Balaban J connectivity index is 2.21. The maximum absolute atomic E-state index is 5.70. The molecule has 0 aliphatic carbocycles. The summed E-state index contributed by atoms with van der Waals surface area (Å²) >= 11 is 0. The Morgan fingerprint density at radius 3 is 1.68 bits per heavy atom. The third kappa shape index (κ3) is 11.9. The highest BCUT2D eigenvalue weighted by molar-refractivity contribution is 5.42. The standard InChI is InChI=1S/C27H49NO3/c1-5-6-7-8-11-15-20-25(27(29-2,30-3)31-4)21-16-12-9-10-13-19-24-28-26-22-17-14-18-23-26/h14,17-18,22-23,25,28H,5-13,15-16,19-21,24H2,1-4H3. The van der Waals surface area contributed by atoms with E-state index in [1.165, 1.54) is 82.7 Å². The Kier molecular flexibility index (Phi) is 16.6. The molecule has 180 valence electrons. The summed E-state index contributed by atoms with van der Waals surface area (Å²) in [5.74, 6) is -0.610. The van der Waals surface area contributed by atoms with Gasteiger partial charge in [0.05, 0.1) is 0 Å². The van der Waals surface area contributed by atoms with Crippen molar-refractivity contribution < 1.29 is 14.2 Å². The maximum Gasteiger partial charge on any atom is 0.285 e. The van der Waals surface area contributed by atoms with E-state index in [2.05, 4.69) is 42.6 Å². The van der Waals surface area contributed by atoms with Crippen LogP contribution in [0.25, 0.3) is 0 Å². The minimum absolute atomic E-state index is 0.286. The molecule has 1 aromatic carbocycles. The van der Waals surface area contributed by atoms with Crippen LogP contribution in [0.5, 0.6) is 0 Å². The van der Waals surface area contributed by atoms with Gasteiger partial charge in [-0.15, -0.1) is 0 Å². The molecule has 4 heteroatoms. The van der Waals surface area contributed by atoms with Crippen LogP contribution in [0.2, 0.25) is 0 Å². The van der Waals surface area contributed by atoms with E-state index in [-0.39, 0.29) is 5.92 Å². The molecule has 0 aliphatic rings. The topological polar surface area (TPSA) is 39.7 Å². The molecular formula is C27H49NO3. The fourth-order valence-electron chi connectivity index (χ4n) is 4.43. The first-order valence-electron chi connectivity index (χ1n) is 12.7. The smallest absolute Gasteiger partial charge is 0.285 e. The van der Waals surface area contributed by atoms with Crippen LogP contribution in [0, 0.1) is 5.92 Å². The monoisotopic (exact) mass is 435 g/mol. The molecule has 0 heterocycles. The number of para-hydroxylation sites is 1. The van der Waals surface area contributed by atoms with Gasteiger partial charge in [-0.3, -0.25) is 0 Å². The summed E-state index contributed by atoms with van der Waals surface area (Å²) in [5, 5.41) is 3.49. The minimum atomic E-state index is -0.896. The van der Waals surface area contributed by atoms with Gasteiger partial charge in [-0.05, 0) is 31.4 Å². The van der Waals surface area contributed by atoms with Crippen LogP contribution < -0.4 is 5.32 Å². The second-order valence-electron chi connectivity index (χ2n) is 8.67. The van der Waals surface area contributed by atoms with Gasteiger partial charge in [0.15, 0.2) is 0 Å². The van der Waals surface area contributed by atoms with Gasteiger partial charge in [0, 0.05) is 39.5 Å². The highest BCUT2D eigenvalue weighted by Gasteiger charge is 2.39. The number of unbranched alkanes of at least 4 members (excludes halogenated alkanes) is 10. The average molecular weight is 436 g/mol. The molecule has 0 aliphatic heterocycles. The van der Waals surface area contributed by atoms with E-state index in [0.717, 1.165) is 19.4 Å². The number of methoxy groups -OCH3 is 3. The predicted octanol–water partition coefficient (Wildman–Crippen LogP) is 7.79. The molecule has 0 saturated carbocycles. The largest absolute Gasteiger partial charge is 0.385 e. The summed E-state index contributed by atoms with van der Waals surface area (Å²) < 4.78 is 17.1. The van der Waals surface area contributed by atoms with Gasteiger partial charge < -0.3 is 19.5 Å². The van der Waals surface area contributed by atoms with Crippen molar-refractivity contribution in [1.82, 2.24) is 0 Å². The number of hydrogen-bond acceptors (Lipinski definition) is 4. The first kappa shape index (κ1) is 27.9. The zero-order chi connectivity index (χ0) is 22.6. The number of nitrogens with one attached hydrogen (secondary N) is 1. The van der Waals surface area contributed by atoms with E-state index in [1.54, 1.807) is 21.3 Å². The summed E-state index contributed by atoms with van der Waals surface area (Å²) in [6, 6.07) is 10.5. The van der Waals surface area contributed by atoms with Crippen LogP contribution in [0.3, 0.4) is 0 Å². The molecule has 0 saturated heterocycles. The normalized spacial score (nSPS) is 12.8. The number of ether oxygens (including phenoxy) is 3. The Bertz CT molecular complexity index is 496. The third-order valence-corrected chi connectivity index (χ3v) is 6.34. The fourth-order valence-corrected chi connectivity index (χ4v) is 4.43. The number of hydrogen-bond donors (Lipinski definition) is 1. The van der Waals surface area contributed by atoms with Crippen molar-refractivity contribution in [2.24, 2.45) is 5.92 Å². The molecule has 0 fully saturated rings. The quantitative estimate of drug-likeness (QED) is 0.158. The van der Waals surface area contributed by atoms with Gasteiger partial charge in [-0.2, -0.15) is 0 Å². The lowest BCUT2D eigenvalue weighted by molar-refractivity contribution is -0.380. The lowest BCUT2D eigenvalue weighted by Gasteiger charge is -2.36. The Hall–Kier alpha value is -1.10. The molecule has 1 unspecified atom stereocenters. The van der Waals surface area contributed by atoms with Crippen LogP contribution in [-0.4, -0.2) is 33.8 Å². The summed E-state index contributed by atoms with van der Waals surface area (Å²) in [7, 11) is 5.10. The summed E-state index contributed by atoms with van der Waals surface area (Å²) in [4.78, 5) is 0. The number of anilines is 1. The summed E-state index contributed by atoms with van der Waals surface area (Å²) in [6.45, 7) is 3.32. The minimum Gasteiger partial charge on any atom is -0.385 e. The SMILES string of the molecule is CCCCCCCCC(CCCCCCCCNc1ccccc1)C(OC)(OC)OC. The highest BCUT2D eigenvalue weighted by atomic mass is 16.9. The van der Waals surface area contributed by atoms with Gasteiger partial charge in [0.2, 0.25) is 0 Å². The lowest BCUT2D eigenvalue weighted by atomic mass is 9.91. The second-order valence-corrected chi connectivity index (χ2v) is 8.67. The Morgan fingerprint density at radius 2 is 1.16 bits per heavy atom. The Morgan fingerprint density at radius 1 is 0.677 bits per heavy atom. The van der Waals surface area contributed by atoms with Gasteiger partial charge in [0.1, 0.15) is 0 Å². The zero-order valence-corrected chi connectivity index (χ0v) is 20.8. The molecule has 4 nitrogen and oxygen atoms in total. The first-order chi connectivity index (χ1) is 15.2. The fraction of sp³-hybridized carbons (Fsp3) is 0.778. The van der Waals surface area contributed by atoms with Crippen LogP contribution in [0.1, 0.15) is 96.8 Å². The van der Waals surface area contributed by atoms with Gasteiger partial charge in [-0.25, -0.2) is 0 Å². The van der Waals surface area contributed by atoms with Crippen molar-refractivity contribution in [3.63, 3.8) is 0 Å². The van der Waals surface area contributed by atoms with E-state index < -0.39 is 5.97 Å². The first-order valence-corrected chi connectivity index (χ1v) is 12.7. The summed E-state index contributed by atoms with van der Waals surface area (Å²) in [5.41, 5.74) is 1.22. The molecule has 31 heavy (non-hydrogen) atoms. The zero-order valence-electron chi connectivity index (χ0n) is 20.8. The molecule has 0 spiro atoms. The molecule has 1 N–H and O–H groups in total. The van der Waals surface area contributed by atoms with Crippen LogP contribution in [0.4, 0.5) is 5.69 Å². The van der Waals surface area contributed by atoms with Crippen molar-refractivity contribution in [3.05, 3.63) is 30.3 Å². The van der Waals surface area contributed by atoms with E-state index >= 15 is 0 Å². The number of benzene rings is 1. The van der Waals surface area contributed by atoms with Crippen molar-refractivity contribution in [3.8, 4) is 0 Å². The van der Waals surface area contributed by atoms with Gasteiger partial charge in [-0.1, -0.05) is 95.8 Å². The molecule has 0 bridgehead atoms. The summed E-state index contributed by atoms with van der Waals surface area (Å²) in [6.07, 6.45) is 17.7. The van der Waals surface area contributed by atoms with E-state index in [4.69, 9.17) is 14.2 Å². The molecule has 0 amide bonds. The molecule has 0 aromatic heterocycles. The maximum atomic E-state index is 5.70. The van der Waals surface area contributed by atoms with Crippen molar-refractivity contribution in [1.29, 1.82) is 0 Å². The van der Waals surface area contributed by atoms with Crippen LogP contribution in [0.15, 0.2) is 30.3 Å². The van der Waals surface area contributed by atoms with Crippen molar-refractivity contribution in [2.75, 3.05) is 33.2 Å². The Labute approximate surface area is 192 Å². The van der Waals surface area contributed by atoms with E-state index in [0.29, 0.717) is 0 Å². The van der Waals surface area contributed by atoms with Crippen LogP contribution >= 0.6 is 0 Å². The van der Waals surface area contributed by atoms with Crippen molar-refractivity contribution in [2.45, 2.75) is 103 Å². The van der Waals surface area contributed by atoms with Gasteiger partial charge >= 0.3 is 0 Å². The van der Waals surface area contributed by atoms with E-state index in [1.807, 2.05) is 0 Å². The van der Waals surface area contributed by atoms with Crippen LogP contribution in [-0.2, 0) is 14.2 Å². The average Bonchev–Trinajstić information content (AvgIpc) is 2.81. The van der Waals surface area contributed by atoms with Crippen molar-refractivity contribution >= 4 is 5.69 Å². The predicted molar refractivity (Wildman–Crippen MR) is 132 cm³/mol. The second kappa shape index (κ2) is 18.5. The molecule has 0 radical (unpaired) electrons. The molecular weight excluding hydrogens is 386 g/mol. The third-order valence-electron chi connectivity index (χ3n) is 6.34. The lowest BCUT2D eigenvalue weighted by Crippen LogP contribution is -2.44. The van der Waals surface area contributed by atoms with Gasteiger partial charge in [0.25, 0.3) is 5.97 Å². The highest BCUT2D eigenvalue weighted by Crippen LogP contribution is 2.33. The molecule has 1 aromatic rings. The molecule has 1 atom stereocenters. The number of rotatable bonds is 21.